The van der Waals surface area contributed by atoms with E-state index in [1.54, 1.807) is 0 Å². The molecule has 3 rings (SSSR count). The standard InChI is InChI=1S/C26H38N4O2/c1-4-27-26(28-19-22-10-8-21(2)9-11-22)29-20-23-6-5-7-25(18-23)32-17-14-30(3)24-12-15-31-16-13-24/h5-11,18,24H,4,12-17,19-20H2,1-3H3,(H2,27,28,29). The summed E-state index contributed by atoms with van der Waals surface area (Å²) >= 11 is 0. The van der Waals surface area contributed by atoms with Crippen molar-refractivity contribution < 1.29 is 9.47 Å². The molecule has 2 N–H and O–H groups in total. The molecular formula is C26H38N4O2. The molecule has 1 fully saturated rings. The lowest BCUT2D eigenvalue weighted by Gasteiger charge is -2.31. The molecular weight excluding hydrogens is 400 g/mol. The van der Waals surface area contributed by atoms with Gasteiger partial charge in [0.1, 0.15) is 12.4 Å². The zero-order valence-corrected chi connectivity index (χ0v) is 19.8. The smallest absolute Gasteiger partial charge is 0.191 e. The van der Waals surface area contributed by atoms with Crippen LogP contribution in [-0.4, -0.2) is 56.9 Å². The van der Waals surface area contributed by atoms with Crippen molar-refractivity contribution in [1.29, 1.82) is 0 Å². The Hall–Kier alpha value is -2.57. The summed E-state index contributed by atoms with van der Waals surface area (Å²) in [6.07, 6.45) is 2.21. The van der Waals surface area contributed by atoms with E-state index in [0.29, 0.717) is 19.2 Å². The van der Waals surface area contributed by atoms with Crippen LogP contribution in [0.2, 0.25) is 0 Å². The summed E-state index contributed by atoms with van der Waals surface area (Å²) in [4.78, 5) is 7.13. The van der Waals surface area contributed by atoms with Crippen LogP contribution in [0, 0.1) is 6.92 Å². The quantitative estimate of drug-likeness (QED) is 0.437. The Morgan fingerprint density at radius 1 is 1.09 bits per heavy atom. The average molecular weight is 439 g/mol. The molecule has 0 aliphatic carbocycles. The largest absolute Gasteiger partial charge is 0.492 e. The van der Waals surface area contributed by atoms with Gasteiger partial charge in [0.15, 0.2) is 5.96 Å². The van der Waals surface area contributed by atoms with E-state index in [1.807, 2.05) is 12.1 Å². The number of aliphatic imine (C=N–C) groups is 1. The molecule has 6 nitrogen and oxygen atoms in total. The van der Waals surface area contributed by atoms with E-state index >= 15 is 0 Å². The highest BCUT2D eigenvalue weighted by Gasteiger charge is 2.17. The molecule has 32 heavy (non-hydrogen) atoms. The minimum Gasteiger partial charge on any atom is -0.492 e. The molecule has 0 radical (unpaired) electrons. The lowest BCUT2D eigenvalue weighted by molar-refractivity contribution is 0.0392. The second-order valence-corrected chi connectivity index (χ2v) is 8.35. The van der Waals surface area contributed by atoms with E-state index < -0.39 is 0 Å². The minimum absolute atomic E-state index is 0.600. The molecule has 0 bridgehead atoms. The number of rotatable bonds is 10. The lowest BCUT2D eigenvalue weighted by Crippen LogP contribution is -2.38. The Morgan fingerprint density at radius 3 is 2.62 bits per heavy atom. The summed E-state index contributed by atoms with van der Waals surface area (Å²) in [5.41, 5.74) is 3.64. The zero-order chi connectivity index (χ0) is 22.6. The van der Waals surface area contributed by atoms with Crippen LogP contribution in [0.25, 0.3) is 0 Å². The van der Waals surface area contributed by atoms with Gasteiger partial charge in [0.05, 0.1) is 6.54 Å². The molecule has 174 valence electrons. The van der Waals surface area contributed by atoms with Crippen LogP contribution in [0.5, 0.6) is 5.75 Å². The van der Waals surface area contributed by atoms with E-state index in [2.05, 4.69) is 72.8 Å². The van der Waals surface area contributed by atoms with Crippen molar-refractivity contribution in [2.45, 2.75) is 45.8 Å². The topological polar surface area (TPSA) is 58.1 Å². The van der Waals surface area contributed by atoms with Gasteiger partial charge in [-0.3, -0.25) is 4.90 Å². The van der Waals surface area contributed by atoms with E-state index in [0.717, 1.165) is 63.0 Å². The number of guanidine groups is 1. The number of likely N-dealkylation sites (N-methyl/N-ethyl adjacent to an activating group) is 1. The van der Waals surface area contributed by atoms with Crippen molar-refractivity contribution >= 4 is 5.96 Å². The number of ether oxygens (including phenoxy) is 2. The van der Waals surface area contributed by atoms with E-state index in [4.69, 9.17) is 14.5 Å². The van der Waals surface area contributed by atoms with Crippen molar-refractivity contribution in [2.75, 3.05) is 40.0 Å². The molecule has 1 aliphatic rings. The zero-order valence-electron chi connectivity index (χ0n) is 19.8. The van der Waals surface area contributed by atoms with Crippen molar-refractivity contribution in [3.05, 3.63) is 65.2 Å². The fraction of sp³-hybridized carbons (Fsp3) is 0.500. The van der Waals surface area contributed by atoms with E-state index in [1.165, 1.54) is 11.1 Å². The summed E-state index contributed by atoms with van der Waals surface area (Å²) in [6, 6.07) is 17.4. The number of hydrogen-bond donors (Lipinski definition) is 2. The average Bonchev–Trinajstić information content (AvgIpc) is 2.82. The van der Waals surface area contributed by atoms with Crippen LogP contribution in [0.1, 0.15) is 36.5 Å². The first-order valence-electron chi connectivity index (χ1n) is 11.7. The molecule has 1 aliphatic heterocycles. The fourth-order valence-corrected chi connectivity index (χ4v) is 3.75. The number of benzene rings is 2. The van der Waals surface area contributed by atoms with Gasteiger partial charge >= 0.3 is 0 Å². The predicted octanol–water partition coefficient (Wildman–Crippen LogP) is 3.74. The summed E-state index contributed by atoms with van der Waals surface area (Å²) in [7, 11) is 2.18. The molecule has 6 heteroatoms. The van der Waals surface area contributed by atoms with Crippen molar-refractivity contribution in [3.63, 3.8) is 0 Å². The Kier molecular flexibility index (Phi) is 9.85. The molecule has 0 unspecified atom stereocenters. The van der Waals surface area contributed by atoms with Gasteiger partial charge in [-0.2, -0.15) is 0 Å². The van der Waals surface area contributed by atoms with Crippen LogP contribution in [0.3, 0.4) is 0 Å². The number of aryl methyl sites for hydroxylation is 1. The molecule has 1 heterocycles. The maximum atomic E-state index is 6.02. The minimum atomic E-state index is 0.600. The predicted molar refractivity (Wildman–Crippen MR) is 131 cm³/mol. The number of nitrogens with one attached hydrogen (secondary N) is 2. The highest BCUT2D eigenvalue weighted by atomic mass is 16.5. The Labute approximate surface area is 193 Å². The molecule has 2 aromatic carbocycles. The second kappa shape index (κ2) is 13.1. The van der Waals surface area contributed by atoms with Gasteiger partial charge in [-0.05, 0) is 57.0 Å². The third-order valence-corrected chi connectivity index (χ3v) is 5.77. The Morgan fingerprint density at radius 2 is 1.88 bits per heavy atom. The first-order chi connectivity index (χ1) is 15.6. The lowest BCUT2D eigenvalue weighted by atomic mass is 10.1. The van der Waals surface area contributed by atoms with Gasteiger partial charge in [-0.1, -0.05) is 42.0 Å². The van der Waals surface area contributed by atoms with Gasteiger partial charge in [-0.15, -0.1) is 0 Å². The molecule has 0 saturated carbocycles. The van der Waals surface area contributed by atoms with Crippen LogP contribution in [0.15, 0.2) is 53.5 Å². The number of hydrogen-bond acceptors (Lipinski definition) is 4. The highest BCUT2D eigenvalue weighted by molar-refractivity contribution is 5.79. The van der Waals surface area contributed by atoms with Crippen LogP contribution in [-0.2, 0) is 17.8 Å². The normalized spacial score (nSPS) is 15.1. The van der Waals surface area contributed by atoms with Crippen molar-refractivity contribution in [2.24, 2.45) is 4.99 Å². The van der Waals surface area contributed by atoms with Crippen LogP contribution >= 0.6 is 0 Å². The fourth-order valence-electron chi connectivity index (χ4n) is 3.75. The maximum Gasteiger partial charge on any atom is 0.191 e. The van der Waals surface area contributed by atoms with Gasteiger partial charge in [0.25, 0.3) is 0 Å². The Bertz CT molecular complexity index is 832. The molecule has 0 aromatic heterocycles. The van der Waals surface area contributed by atoms with E-state index in [9.17, 15) is 0 Å². The first kappa shape index (κ1) is 24.1. The van der Waals surface area contributed by atoms with Crippen molar-refractivity contribution in [3.8, 4) is 5.75 Å². The van der Waals surface area contributed by atoms with Crippen molar-refractivity contribution in [1.82, 2.24) is 15.5 Å². The summed E-state index contributed by atoms with van der Waals surface area (Å²) in [5, 5.41) is 6.73. The van der Waals surface area contributed by atoms with Crippen LogP contribution < -0.4 is 15.4 Å². The van der Waals surface area contributed by atoms with Gasteiger partial charge in [0.2, 0.25) is 0 Å². The molecule has 0 atom stereocenters. The molecule has 1 saturated heterocycles. The van der Waals surface area contributed by atoms with Crippen LogP contribution in [0.4, 0.5) is 0 Å². The summed E-state index contributed by atoms with van der Waals surface area (Å²) in [6.45, 7) is 9.68. The Balaban J connectivity index is 1.47. The van der Waals surface area contributed by atoms with E-state index in [-0.39, 0.29) is 0 Å². The summed E-state index contributed by atoms with van der Waals surface area (Å²) in [5.74, 6) is 1.72. The second-order valence-electron chi connectivity index (χ2n) is 8.35. The highest BCUT2D eigenvalue weighted by Crippen LogP contribution is 2.16. The van der Waals surface area contributed by atoms with Gasteiger partial charge < -0.3 is 20.1 Å². The van der Waals surface area contributed by atoms with Gasteiger partial charge in [-0.25, -0.2) is 4.99 Å². The van der Waals surface area contributed by atoms with Gasteiger partial charge in [0, 0.05) is 38.9 Å². The SMILES string of the molecule is CCNC(=NCc1cccc(OCCN(C)C2CCOCC2)c1)NCc1ccc(C)cc1. The summed E-state index contributed by atoms with van der Waals surface area (Å²) < 4.78 is 11.5. The molecule has 0 amide bonds. The third-order valence-electron chi connectivity index (χ3n) is 5.77. The monoisotopic (exact) mass is 438 g/mol. The maximum absolute atomic E-state index is 6.02. The first-order valence-corrected chi connectivity index (χ1v) is 11.7. The molecule has 0 spiro atoms. The third kappa shape index (κ3) is 8.17. The number of nitrogens with zero attached hydrogens (tertiary/aromatic N) is 2. The molecule has 2 aromatic rings.